The Balaban J connectivity index is 1.82. The topological polar surface area (TPSA) is 51.3 Å². The summed E-state index contributed by atoms with van der Waals surface area (Å²) in [6, 6.07) is 13.8. The van der Waals surface area contributed by atoms with Crippen molar-refractivity contribution in [1.29, 1.82) is 0 Å². The third-order valence-corrected chi connectivity index (χ3v) is 4.15. The Hall–Kier alpha value is -2.75. The van der Waals surface area contributed by atoms with Crippen molar-refractivity contribution in [2.24, 2.45) is 7.05 Å². The van der Waals surface area contributed by atoms with Gasteiger partial charge in [-0.05, 0) is 35.2 Å². The Labute approximate surface area is 122 Å². The molecule has 0 saturated carbocycles. The number of fused-ring (bicyclic) bond motifs is 2. The fourth-order valence-corrected chi connectivity index (χ4v) is 3.02. The molecule has 1 aromatic heterocycles. The van der Waals surface area contributed by atoms with E-state index in [0.29, 0.717) is 17.8 Å². The van der Waals surface area contributed by atoms with E-state index < -0.39 is 0 Å². The molecular formula is C17H15N3O. The Morgan fingerprint density at radius 3 is 2.81 bits per heavy atom. The first-order valence-corrected chi connectivity index (χ1v) is 6.89. The van der Waals surface area contributed by atoms with E-state index in [9.17, 15) is 4.79 Å². The van der Waals surface area contributed by atoms with Gasteiger partial charge in [0.2, 0.25) is 0 Å². The number of hydrogen-bond donors (Lipinski definition) is 1. The van der Waals surface area contributed by atoms with Crippen LogP contribution in [0.1, 0.15) is 15.9 Å². The van der Waals surface area contributed by atoms with Crippen molar-refractivity contribution in [3.8, 4) is 0 Å². The number of nitrogens with two attached hydrogens (primary N) is 1. The molecule has 1 amide bonds. The molecule has 4 rings (SSSR count). The maximum atomic E-state index is 12.6. The summed E-state index contributed by atoms with van der Waals surface area (Å²) in [6.07, 6.45) is 2.02. The second-order valence-corrected chi connectivity index (χ2v) is 5.44. The number of aryl methyl sites for hydroxylation is 1. The van der Waals surface area contributed by atoms with Gasteiger partial charge < -0.3 is 15.2 Å². The van der Waals surface area contributed by atoms with Gasteiger partial charge in [-0.3, -0.25) is 4.79 Å². The summed E-state index contributed by atoms with van der Waals surface area (Å²) in [6.45, 7) is 0.579. The maximum absolute atomic E-state index is 12.6. The van der Waals surface area contributed by atoms with Crippen molar-refractivity contribution in [2.45, 2.75) is 6.54 Å². The third kappa shape index (κ3) is 1.65. The minimum atomic E-state index is -0.0170. The van der Waals surface area contributed by atoms with Crippen molar-refractivity contribution in [1.82, 2.24) is 4.57 Å². The van der Waals surface area contributed by atoms with Crippen molar-refractivity contribution in [2.75, 3.05) is 10.6 Å². The quantitative estimate of drug-likeness (QED) is 0.695. The van der Waals surface area contributed by atoms with Gasteiger partial charge >= 0.3 is 0 Å². The molecule has 2 aromatic carbocycles. The molecule has 0 aliphatic carbocycles. The van der Waals surface area contributed by atoms with Gasteiger partial charge in [0.25, 0.3) is 5.91 Å². The molecule has 1 aliphatic heterocycles. The van der Waals surface area contributed by atoms with Crippen LogP contribution < -0.4 is 10.6 Å². The highest BCUT2D eigenvalue weighted by Gasteiger charge is 2.30. The van der Waals surface area contributed by atoms with Gasteiger partial charge in [-0.2, -0.15) is 0 Å². The third-order valence-electron chi connectivity index (χ3n) is 4.15. The van der Waals surface area contributed by atoms with E-state index in [1.54, 1.807) is 11.0 Å². The van der Waals surface area contributed by atoms with Crippen molar-refractivity contribution < 1.29 is 4.79 Å². The molecule has 4 nitrogen and oxygen atoms in total. The second-order valence-electron chi connectivity index (χ2n) is 5.44. The number of aromatic nitrogens is 1. The van der Waals surface area contributed by atoms with Gasteiger partial charge in [-0.25, -0.2) is 0 Å². The lowest BCUT2D eigenvalue weighted by Gasteiger charge is -2.16. The van der Waals surface area contributed by atoms with Crippen molar-refractivity contribution in [3.05, 3.63) is 59.8 Å². The zero-order valence-electron chi connectivity index (χ0n) is 11.7. The van der Waals surface area contributed by atoms with Crippen LogP contribution in [0.4, 0.5) is 11.4 Å². The fourth-order valence-electron chi connectivity index (χ4n) is 3.02. The number of rotatable bonds is 1. The molecule has 104 valence electrons. The van der Waals surface area contributed by atoms with Crippen molar-refractivity contribution in [3.63, 3.8) is 0 Å². The number of carbonyl (C=O) groups excluding carboxylic acids is 1. The first-order valence-electron chi connectivity index (χ1n) is 6.89. The monoisotopic (exact) mass is 277 g/mol. The SMILES string of the molecule is Cn1ccc2ccc(N3Cc4cccc(N)c4C3=O)cc21. The Morgan fingerprint density at radius 2 is 2.00 bits per heavy atom. The van der Waals surface area contributed by atoms with E-state index in [1.165, 1.54) is 5.39 Å². The minimum absolute atomic E-state index is 0.0170. The van der Waals surface area contributed by atoms with Gasteiger partial charge in [0.15, 0.2) is 0 Å². The van der Waals surface area contributed by atoms with Crippen LogP contribution >= 0.6 is 0 Å². The summed E-state index contributed by atoms with van der Waals surface area (Å²) in [5.41, 5.74) is 10.2. The zero-order valence-corrected chi connectivity index (χ0v) is 11.7. The van der Waals surface area contributed by atoms with Crippen molar-refractivity contribution >= 4 is 28.2 Å². The van der Waals surface area contributed by atoms with E-state index in [0.717, 1.165) is 16.8 Å². The maximum Gasteiger partial charge on any atom is 0.261 e. The summed E-state index contributed by atoms with van der Waals surface area (Å²) in [4.78, 5) is 14.4. The zero-order chi connectivity index (χ0) is 14.6. The second kappa shape index (κ2) is 4.12. The van der Waals surface area contributed by atoms with Crippen LogP contribution in [0.15, 0.2) is 48.7 Å². The average molecular weight is 277 g/mol. The molecule has 0 radical (unpaired) electrons. The molecule has 0 bridgehead atoms. The van der Waals surface area contributed by atoms with Gasteiger partial charge in [-0.1, -0.05) is 18.2 Å². The van der Waals surface area contributed by atoms with Crippen LogP contribution in [0, 0.1) is 0 Å². The Bertz CT molecular complexity index is 879. The van der Waals surface area contributed by atoms with Gasteiger partial charge in [0.1, 0.15) is 0 Å². The van der Waals surface area contributed by atoms with E-state index in [-0.39, 0.29) is 5.91 Å². The average Bonchev–Trinajstić information content (AvgIpc) is 3.01. The molecule has 4 heteroatoms. The highest BCUT2D eigenvalue weighted by molar-refractivity contribution is 6.13. The Morgan fingerprint density at radius 1 is 1.14 bits per heavy atom. The van der Waals surface area contributed by atoms with E-state index in [2.05, 4.69) is 16.7 Å². The number of amides is 1. The number of nitrogens with zero attached hydrogens (tertiary/aromatic N) is 2. The summed E-state index contributed by atoms with van der Waals surface area (Å²) in [7, 11) is 2.00. The minimum Gasteiger partial charge on any atom is -0.398 e. The Kier molecular flexibility index (Phi) is 2.36. The van der Waals surface area contributed by atoms with E-state index >= 15 is 0 Å². The number of benzene rings is 2. The van der Waals surface area contributed by atoms with Crippen LogP contribution in [0.2, 0.25) is 0 Å². The number of carbonyl (C=O) groups is 1. The molecule has 21 heavy (non-hydrogen) atoms. The lowest BCUT2D eigenvalue weighted by Crippen LogP contribution is -2.23. The first kappa shape index (κ1) is 12.0. The number of hydrogen-bond acceptors (Lipinski definition) is 2. The molecule has 0 fully saturated rings. The van der Waals surface area contributed by atoms with Crippen LogP contribution in [-0.4, -0.2) is 10.5 Å². The smallest absolute Gasteiger partial charge is 0.261 e. The molecule has 2 heterocycles. The molecule has 0 atom stereocenters. The summed E-state index contributed by atoms with van der Waals surface area (Å²) >= 11 is 0. The van der Waals surface area contributed by atoms with E-state index in [4.69, 9.17) is 5.73 Å². The van der Waals surface area contributed by atoms with Gasteiger partial charge in [-0.15, -0.1) is 0 Å². The summed E-state index contributed by atoms with van der Waals surface area (Å²) in [5.74, 6) is -0.0170. The number of nitrogen functional groups attached to an aromatic ring is 1. The van der Waals surface area contributed by atoms with Crippen LogP contribution in [0.5, 0.6) is 0 Å². The highest BCUT2D eigenvalue weighted by atomic mass is 16.2. The van der Waals surface area contributed by atoms with Gasteiger partial charge in [0.05, 0.1) is 12.1 Å². The molecule has 3 aromatic rings. The summed E-state index contributed by atoms with van der Waals surface area (Å²) in [5, 5.41) is 1.17. The molecule has 0 spiro atoms. The van der Waals surface area contributed by atoms with E-state index in [1.807, 2.05) is 37.5 Å². The molecule has 0 saturated heterocycles. The molecule has 2 N–H and O–H groups in total. The van der Waals surface area contributed by atoms with Crippen LogP contribution in [0.3, 0.4) is 0 Å². The standard InChI is InChI=1S/C17H15N3O/c1-19-8-7-11-5-6-13(9-15(11)19)20-10-12-3-2-4-14(18)16(12)17(20)21/h2-9H,10,18H2,1H3. The largest absolute Gasteiger partial charge is 0.398 e. The molecule has 1 aliphatic rings. The predicted molar refractivity (Wildman–Crippen MR) is 84.3 cm³/mol. The fraction of sp³-hybridized carbons (Fsp3) is 0.118. The first-order chi connectivity index (χ1) is 10.1. The normalized spacial score (nSPS) is 14.0. The lowest BCUT2D eigenvalue weighted by atomic mass is 10.1. The van der Waals surface area contributed by atoms with Crippen LogP contribution in [-0.2, 0) is 13.6 Å². The molecule has 0 unspecified atom stereocenters. The van der Waals surface area contributed by atoms with Gasteiger partial charge in [0, 0.05) is 30.1 Å². The predicted octanol–water partition coefficient (Wildman–Crippen LogP) is 2.92. The molecular weight excluding hydrogens is 262 g/mol. The summed E-state index contributed by atoms with van der Waals surface area (Å²) < 4.78 is 2.06. The number of anilines is 2. The van der Waals surface area contributed by atoms with Crippen LogP contribution in [0.25, 0.3) is 10.9 Å². The lowest BCUT2D eigenvalue weighted by molar-refractivity contribution is 0.0997. The highest BCUT2D eigenvalue weighted by Crippen LogP contribution is 2.32.